The number of benzene rings is 1. The van der Waals surface area contributed by atoms with E-state index in [-0.39, 0.29) is 30.3 Å². The number of nitrogens with one attached hydrogen (secondary N) is 1. The van der Waals surface area contributed by atoms with Crippen molar-refractivity contribution in [2.24, 2.45) is 11.7 Å². The lowest BCUT2D eigenvalue weighted by atomic mass is 10.0. The van der Waals surface area contributed by atoms with Gasteiger partial charge < -0.3 is 11.1 Å². The van der Waals surface area contributed by atoms with Crippen LogP contribution in [0.3, 0.4) is 0 Å². The van der Waals surface area contributed by atoms with E-state index in [1.165, 1.54) is 12.1 Å². The van der Waals surface area contributed by atoms with Crippen LogP contribution in [0.15, 0.2) is 18.2 Å². The molecule has 3 N–H and O–H groups in total. The highest BCUT2D eigenvalue weighted by Crippen LogP contribution is 2.08. The van der Waals surface area contributed by atoms with Crippen LogP contribution in [-0.4, -0.2) is 18.5 Å². The van der Waals surface area contributed by atoms with E-state index in [0.717, 1.165) is 6.07 Å². The van der Waals surface area contributed by atoms with Crippen LogP contribution in [0.1, 0.15) is 19.4 Å². The van der Waals surface area contributed by atoms with Gasteiger partial charge in [0.2, 0.25) is 5.91 Å². The largest absolute Gasteiger partial charge is 0.355 e. The Kier molecular flexibility index (Phi) is 7.56. The lowest BCUT2D eigenvalue weighted by Gasteiger charge is -2.15. The van der Waals surface area contributed by atoms with Gasteiger partial charge in [-0.3, -0.25) is 4.79 Å². The molecule has 3 nitrogen and oxygen atoms in total. The highest BCUT2D eigenvalue weighted by molar-refractivity contribution is 5.85. The quantitative estimate of drug-likeness (QED) is 0.872. The summed E-state index contributed by atoms with van der Waals surface area (Å²) in [5.74, 6) is -1.66. The summed E-state index contributed by atoms with van der Waals surface area (Å²) in [7, 11) is 0. The van der Waals surface area contributed by atoms with Gasteiger partial charge >= 0.3 is 0 Å². The molecule has 0 aliphatic rings. The van der Waals surface area contributed by atoms with Crippen LogP contribution < -0.4 is 11.1 Å². The van der Waals surface area contributed by atoms with Gasteiger partial charge in [-0.15, -0.1) is 12.4 Å². The first-order chi connectivity index (χ1) is 8.40. The topological polar surface area (TPSA) is 55.1 Å². The smallest absolute Gasteiger partial charge is 0.224 e. The Bertz CT molecular complexity index is 407. The molecule has 0 bridgehead atoms. The van der Waals surface area contributed by atoms with E-state index in [0.29, 0.717) is 18.5 Å². The van der Waals surface area contributed by atoms with Gasteiger partial charge in [0.15, 0.2) is 0 Å². The van der Waals surface area contributed by atoms with Crippen LogP contribution in [0.25, 0.3) is 0 Å². The maximum Gasteiger partial charge on any atom is 0.224 e. The third-order valence-corrected chi connectivity index (χ3v) is 2.84. The van der Waals surface area contributed by atoms with Gasteiger partial charge in [-0.25, -0.2) is 8.78 Å². The maximum absolute atomic E-state index is 12.9. The zero-order valence-electron chi connectivity index (χ0n) is 11.0. The molecule has 0 aromatic heterocycles. The fraction of sp³-hybridized carbons (Fsp3) is 0.462. The molecule has 2 atom stereocenters. The molecule has 1 aromatic carbocycles. The molecule has 0 aliphatic carbocycles. The first-order valence-corrected chi connectivity index (χ1v) is 5.88. The fourth-order valence-corrected chi connectivity index (χ4v) is 1.49. The molecule has 0 fully saturated rings. The second-order valence-corrected chi connectivity index (χ2v) is 4.47. The Morgan fingerprint density at radius 2 is 1.79 bits per heavy atom. The van der Waals surface area contributed by atoms with E-state index < -0.39 is 11.6 Å². The standard InChI is InChI=1S/C13H18F2N2O.ClH/c1-8(9(2)16)13(18)17-4-3-10-5-11(14)7-12(15)6-10;/h5-9H,3-4,16H2,1-2H3,(H,17,18);1H. The lowest BCUT2D eigenvalue weighted by molar-refractivity contribution is -0.124. The SMILES string of the molecule is CC(N)C(C)C(=O)NCCc1cc(F)cc(F)c1.Cl. The van der Waals surface area contributed by atoms with Crippen molar-refractivity contribution in [2.45, 2.75) is 26.3 Å². The van der Waals surface area contributed by atoms with Crippen molar-refractivity contribution in [1.29, 1.82) is 0 Å². The van der Waals surface area contributed by atoms with Gasteiger partial charge in [0.25, 0.3) is 0 Å². The molecule has 19 heavy (non-hydrogen) atoms. The number of rotatable bonds is 5. The van der Waals surface area contributed by atoms with Crippen molar-refractivity contribution < 1.29 is 13.6 Å². The summed E-state index contributed by atoms with van der Waals surface area (Å²) in [5.41, 5.74) is 6.11. The predicted octanol–water partition coefficient (Wildman–Crippen LogP) is 2.03. The van der Waals surface area contributed by atoms with Crippen LogP contribution in [0.5, 0.6) is 0 Å². The average Bonchev–Trinajstić information content (AvgIpc) is 2.26. The first kappa shape index (κ1) is 17.8. The van der Waals surface area contributed by atoms with Crippen molar-refractivity contribution in [3.63, 3.8) is 0 Å². The Morgan fingerprint density at radius 3 is 2.26 bits per heavy atom. The molecular weight excluding hydrogens is 274 g/mol. The zero-order valence-corrected chi connectivity index (χ0v) is 11.8. The van der Waals surface area contributed by atoms with Crippen LogP contribution in [0.4, 0.5) is 8.78 Å². The summed E-state index contributed by atoms with van der Waals surface area (Å²) >= 11 is 0. The highest BCUT2D eigenvalue weighted by atomic mass is 35.5. The normalized spacial score (nSPS) is 13.3. The summed E-state index contributed by atoms with van der Waals surface area (Å²) < 4.78 is 25.8. The minimum absolute atomic E-state index is 0. The molecule has 0 heterocycles. The summed E-state index contributed by atoms with van der Waals surface area (Å²) in [6.07, 6.45) is 0.381. The summed E-state index contributed by atoms with van der Waals surface area (Å²) in [5, 5.41) is 2.69. The molecule has 108 valence electrons. The highest BCUT2D eigenvalue weighted by Gasteiger charge is 2.16. The molecule has 0 aliphatic heterocycles. The number of halogens is 3. The van der Waals surface area contributed by atoms with Crippen LogP contribution in [0, 0.1) is 17.6 Å². The molecule has 0 saturated carbocycles. The molecule has 0 saturated heterocycles. The summed E-state index contributed by atoms with van der Waals surface area (Å²) in [6, 6.07) is 3.10. The third kappa shape index (κ3) is 5.98. The van der Waals surface area contributed by atoms with Gasteiger partial charge in [-0.2, -0.15) is 0 Å². The van der Waals surface area contributed by atoms with E-state index in [1.807, 2.05) is 0 Å². The summed E-state index contributed by atoms with van der Waals surface area (Å²) in [6.45, 7) is 3.83. The second-order valence-electron chi connectivity index (χ2n) is 4.47. The zero-order chi connectivity index (χ0) is 13.7. The minimum Gasteiger partial charge on any atom is -0.355 e. The number of carbonyl (C=O) groups is 1. The molecule has 1 aromatic rings. The van der Waals surface area contributed by atoms with Crippen molar-refractivity contribution in [1.82, 2.24) is 5.32 Å². The van der Waals surface area contributed by atoms with Crippen molar-refractivity contribution in [3.05, 3.63) is 35.4 Å². The van der Waals surface area contributed by atoms with Crippen molar-refractivity contribution in [2.75, 3.05) is 6.54 Å². The van der Waals surface area contributed by atoms with E-state index in [4.69, 9.17) is 5.73 Å². The Balaban J connectivity index is 0.00000324. The van der Waals surface area contributed by atoms with E-state index in [1.54, 1.807) is 13.8 Å². The van der Waals surface area contributed by atoms with Gasteiger partial charge in [0, 0.05) is 24.6 Å². The third-order valence-electron chi connectivity index (χ3n) is 2.84. The molecule has 0 spiro atoms. The van der Waals surface area contributed by atoms with E-state index in [9.17, 15) is 13.6 Å². The number of amides is 1. The number of hydrogen-bond acceptors (Lipinski definition) is 2. The van der Waals surface area contributed by atoms with E-state index in [2.05, 4.69) is 5.32 Å². The van der Waals surface area contributed by atoms with Gasteiger partial charge in [-0.05, 0) is 31.0 Å². The maximum atomic E-state index is 12.9. The molecule has 0 radical (unpaired) electrons. The Hall–Kier alpha value is -1.20. The first-order valence-electron chi connectivity index (χ1n) is 5.88. The monoisotopic (exact) mass is 292 g/mol. The predicted molar refractivity (Wildman–Crippen MR) is 73.1 cm³/mol. The summed E-state index contributed by atoms with van der Waals surface area (Å²) in [4.78, 5) is 11.6. The minimum atomic E-state index is -0.611. The van der Waals surface area contributed by atoms with Crippen molar-refractivity contribution >= 4 is 18.3 Å². The van der Waals surface area contributed by atoms with Crippen LogP contribution in [0.2, 0.25) is 0 Å². The van der Waals surface area contributed by atoms with Crippen LogP contribution in [-0.2, 0) is 11.2 Å². The average molecular weight is 293 g/mol. The van der Waals surface area contributed by atoms with E-state index >= 15 is 0 Å². The van der Waals surface area contributed by atoms with Crippen molar-refractivity contribution in [3.8, 4) is 0 Å². The number of nitrogens with two attached hydrogens (primary N) is 1. The molecular formula is C13H19ClF2N2O. The van der Waals surface area contributed by atoms with Gasteiger partial charge in [0.05, 0.1) is 0 Å². The molecule has 1 amide bonds. The van der Waals surface area contributed by atoms with Crippen LogP contribution >= 0.6 is 12.4 Å². The fourth-order valence-electron chi connectivity index (χ4n) is 1.49. The lowest BCUT2D eigenvalue weighted by Crippen LogP contribution is -2.39. The molecule has 1 rings (SSSR count). The molecule has 2 unspecified atom stereocenters. The number of hydrogen-bond donors (Lipinski definition) is 2. The Labute approximate surface area is 118 Å². The second kappa shape index (κ2) is 8.07. The van der Waals surface area contributed by atoms with Gasteiger partial charge in [0.1, 0.15) is 11.6 Å². The molecule has 6 heteroatoms. The van der Waals surface area contributed by atoms with Gasteiger partial charge in [-0.1, -0.05) is 6.92 Å². The number of carbonyl (C=O) groups excluding carboxylic acids is 1. The Morgan fingerprint density at radius 1 is 1.26 bits per heavy atom.